The number of Topliss-reactive ketones (excluding diaryl/α,β-unsaturated/α-hetero) is 1. The number of esters is 1. The number of fused-ring (bicyclic) bond motifs is 1. The summed E-state index contributed by atoms with van der Waals surface area (Å²) in [5.41, 5.74) is 0.346. The van der Waals surface area contributed by atoms with Crippen molar-refractivity contribution in [3.05, 3.63) is 35.8 Å². The zero-order valence-electron chi connectivity index (χ0n) is 9.03. The predicted octanol–water partition coefficient (Wildman–Crippen LogP) is 2.32. The minimum Gasteiger partial charge on any atom is -0.460 e. The first-order chi connectivity index (χ1) is 8.11. The third-order valence-electron chi connectivity index (χ3n) is 2.16. The van der Waals surface area contributed by atoms with Crippen molar-refractivity contribution in [1.82, 2.24) is 0 Å². The van der Waals surface area contributed by atoms with Gasteiger partial charge < -0.3 is 9.15 Å². The average Bonchev–Trinajstić information content (AvgIpc) is 2.71. The highest BCUT2D eigenvalue weighted by atomic mass is 19.1. The Kier molecular flexibility index (Phi) is 2.91. The van der Waals surface area contributed by atoms with Gasteiger partial charge in [-0.05, 0) is 31.2 Å². The summed E-state index contributed by atoms with van der Waals surface area (Å²) in [5.74, 6) is -2.44. The average molecular weight is 236 g/mol. The molecular weight excluding hydrogens is 227 g/mol. The van der Waals surface area contributed by atoms with Crippen molar-refractivity contribution in [3.8, 4) is 0 Å². The fourth-order valence-electron chi connectivity index (χ4n) is 1.42. The molecule has 0 unspecified atom stereocenters. The van der Waals surface area contributed by atoms with Crippen molar-refractivity contribution in [2.24, 2.45) is 0 Å². The molecule has 0 saturated heterocycles. The van der Waals surface area contributed by atoms with E-state index in [1.807, 2.05) is 0 Å². The Morgan fingerprint density at radius 2 is 2.12 bits per heavy atom. The van der Waals surface area contributed by atoms with Gasteiger partial charge in [-0.15, -0.1) is 0 Å². The van der Waals surface area contributed by atoms with Crippen molar-refractivity contribution in [3.63, 3.8) is 0 Å². The second-order valence-electron chi connectivity index (χ2n) is 3.34. The number of furan rings is 1. The molecule has 0 saturated carbocycles. The van der Waals surface area contributed by atoms with Gasteiger partial charge in [0.2, 0.25) is 0 Å². The Morgan fingerprint density at radius 3 is 2.82 bits per heavy atom. The summed E-state index contributed by atoms with van der Waals surface area (Å²) in [6, 6.07) is 5.15. The van der Waals surface area contributed by atoms with Crippen molar-refractivity contribution in [2.45, 2.75) is 6.92 Å². The summed E-state index contributed by atoms with van der Waals surface area (Å²) in [5, 5.41) is 0.428. The molecule has 0 amide bonds. The van der Waals surface area contributed by atoms with Crippen LogP contribution >= 0.6 is 0 Å². The van der Waals surface area contributed by atoms with Gasteiger partial charge in [-0.1, -0.05) is 0 Å². The van der Waals surface area contributed by atoms with Crippen LogP contribution in [-0.4, -0.2) is 18.4 Å². The van der Waals surface area contributed by atoms with Crippen molar-refractivity contribution in [2.75, 3.05) is 6.61 Å². The molecule has 4 nitrogen and oxygen atoms in total. The lowest BCUT2D eigenvalue weighted by atomic mass is 10.2. The van der Waals surface area contributed by atoms with Gasteiger partial charge in [0.1, 0.15) is 11.4 Å². The third-order valence-corrected chi connectivity index (χ3v) is 2.16. The van der Waals surface area contributed by atoms with Gasteiger partial charge in [0, 0.05) is 5.39 Å². The van der Waals surface area contributed by atoms with Crippen LogP contribution in [0.2, 0.25) is 0 Å². The summed E-state index contributed by atoms with van der Waals surface area (Å²) in [6.07, 6.45) is 0. The van der Waals surface area contributed by atoms with Gasteiger partial charge >= 0.3 is 11.8 Å². The summed E-state index contributed by atoms with van der Waals surface area (Å²) in [4.78, 5) is 22.7. The lowest BCUT2D eigenvalue weighted by molar-refractivity contribution is -0.137. The largest absolute Gasteiger partial charge is 0.460 e. The molecule has 0 fully saturated rings. The van der Waals surface area contributed by atoms with Crippen molar-refractivity contribution >= 4 is 22.7 Å². The number of benzene rings is 1. The number of carbonyl (C=O) groups excluding carboxylic acids is 2. The van der Waals surface area contributed by atoms with Crippen LogP contribution in [0.15, 0.2) is 28.7 Å². The van der Waals surface area contributed by atoms with Gasteiger partial charge in [-0.3, -0.25) is 4.79 Å². The van der Waals surface area contributed by atoms with E-state index < -0.39 is 17.6 Å². The maximum Gasteiger partial charge on any atom is 0.383 e. The van der Waals surface area contributed by atoms with E-state index in [1.165, 1.54) is 24.3 Å². The van der Waals surface area contributed by atoms with Gasteiger partial charge in [-0.2, -0.15) is 0 Å². The molecule has 0 bridgehead atoms. The summed E-state index contributed by atoms with van der Waals surface area (Å²) in [6.45, 7) is 1.71. The Balaban J connectivity index is 2.36. The van der Waals surface area contributed by atoms with Crippen molar-refractivity contribution in [1.29, 1.82) is 0 Å². The molecule has 2 rings (SSSR count). The Labute approximate surface area is 96.0 Å². The van der Waals surface area contributed by atoms with Gasteiger partial charge in [0.05, 0.1) is 6.61 Å². The van der Waals surface area contributed by atoms with Gasteiger partial charge in [-0.25, -0.2) is 9.18 Å². The highest BCUT2D eigenvalue weighted by Gasteiger charge is 2.21. The number of ketones is 1. The molecule has 88 valence electrons. The van der Waals surface area contributed by atoms with Crippen LogP contribution in [-0.2, 0) is 9.53 Å². The predicted molar refractivity (Wildman–Crippen MR) is 57.1 cm³/mol. The SMILES string of the molecule is CCOC(=O)C(=O)c1cc2cc(F)ccc2o1. The summed E-state index contributed by atoms with van der Waals surface area (Å²) < 4.78 is 22.6. The lowest BCUT2D eigenvalue weighted by Crippen LogP contribution is -2.16. The van der Waals surface area contributed by atoms with E-state index in [0.717, 1.165) is 0 Å². The summed E-state index contributed by atoms with van der Waals surface area (Å²) in [7, 11) is 0. The molecule has 1 aromatic carbocycles. The second-order valence-corrected chi connectivity index (χ2v) is 3.34. The molecule has 5 heteroatoms. The van der Waals surface area contributed by atoms with E-state index in [0.29, 0.717) is 11.0 Å². The Hall–Kier alpha value is -2.17. The van der Waals surface area contributed by atoms with Gasteiger partial charge in [0.25, 0.3) is 0 Å². The minimum atomic E-state index is -0.980. The van der Waals surface area contributed by atoms with E-state index >= 15 is 0 Å². The molecule has 1 heterocycles. The molecule has 0 N–H and O–H groups in total. The maximum absolute atomic E-state index is 12.9. The quantitative estimate of drug-likeness (QED) is 0.466. The second kappa shape index (κ2) is 4.37. The number of hydrogen-bond donors (Lipinski definition) is 0. The molecule has 0 radical (unpaired) electrons. The number of halogens is 1. The molecule has 17 heavy (non-hydrogen) atoms. The Bertz CT molecular complexity index is 585. The van der Waals surface area contributed by atoms with Crippen LogP contribution in [0.5, 0.6) is 0 Å². The van der Waals surface area contributed by atoms with Crippen molar-refractivity contribution < 1.29 is 23.1 Å². The number of ether oxygens (including phenoxy) is 1. The Morgan fingerprint density at radius 1 is 1.35 bits per heavy atom. The molecule has 2 aromatic rings. The zero-order valence-corrected chi connectivity index (χ0v) is 9.03. The van der Waals surface area contributed by atoms with Crippen LogP contribution in [0.4, 0.5) is 4.39 Å². The number of rotatable bonds is 3. The van der Waals surface area contributed by atoms with Crippen LogP contribution in [0.25, 0.3) is 11.0 Å². The van der Waals surface area contributed by atoms with E-state index in [9.17, 15) is 14.0 Å². The van der Waals surface area contributed by atoms with E-state index in [2.05, 4.69) is 4.74 Å². The smallest absolute Gasteiger partial charge is 0.383 e. The first-order valence-corrected chi connectivity index (χ1v) is 5.02. The fraction of sp³-hybridized carbons (Fsp3) is 0.167. The highest BCUT2D eigenvalue weighted by Crippen LogP contribution is 2.20. The highest BCUT2D eigenvalue weighted by molar-refractivity contribution is 6.40. The van der Waals surface area contributed by atoms with E-state index in [4.69, 9.17) is 4.42 Å². The van der Waals surface area contributed by atoms with Crippen LogP contribution in [0.3, 0.4) is 0 Å². The van der Waals surface area contributed by atoms with Gasteiger partial charge in [0.15, 0.2) is 5.76 Å². The standard InChI is InChI=1S/C12H9FO4/c1-2-16-12(15)11(14)10-6-7-5-8(13)3-4-9(7)17-10/h3-6H,2H2,1H3. The van der Waals surface area contributed by atoms with Crippen LogP contribution in [0.1, 0.15) is 17.5 Å². The van der Waals surface area contributed by atoms with E-state index in [1.54, 1.807) is 6.92 Å². The molecule has 0 aliphatic rings. The molecule has 1 aromatic heterocycles. The molecular formula is C12H9FO4. The molecule has 0 spiro atoms. The fourth-order valence-corrected chi connectivity index (χ4v) is 1.42. The minimum absolute atomic E-state index is 0.111. The van der Waals surface area contributed by atoms with E-state index in [-0.39, 0.29) is 12.4 Å². The monoisotopic (exact) mass is 236 g/mol. The van der Waals surface area contributed by atoms with Crippen LogP contribution < -0.4 is 0 Å². The normalized spacial score (nSPS) is 10.5. The lowest BCUT2D eigenvalue weighted by Gasteiger charge is -1.96. The van der Waals surface area contributed by atoms with Crippen LogP contribution in [0, 0.1) is 5.82 Å². The zero-order chi connectivity index (χ0) is 12.4. The molecule has 0 aliphatic carbocycles. The molecule has 0 aliphatic heterocycles. The maximum atomic E-state index is 12.9. The third kappa shape index (κ3) is 2.18. The summed E-state index contributed by atoms with van der Waals surface area (Å²) >= 11 is 0. The first kappa shape index (κ1) is 11.3. The topological polar surface area (TPSA) is 56.5 Å². The number of hydrogen-bond acceptors (Lipinski definition) is 4. The number of carbonyl (C=O) groups is 2. The molecule has 0 atom stereocenters. The first-order valence-electron chi connectivity index (χ1n) is 5.02.